The van der Waals surface area contributed by atoms with Crippen molar-refractivity contribution in [3.8, 4) is 0 Å². The molecular formula is C16H21NO3S2. The van der Waals surface area contributed by atoms with Crippen LogP contribution in [0.4, 0.5) is 0 Å². The summed E-state index contributed by atoms with van der Waals surface area (Å²) in [5.41, 5.74) is 1.31. The van der Waals surface area contributed by atoms with Crippen LogP contribution in [0.25, 0.3) is 0 Å². The molecule has 2 atom stereocenters. The van der Waals surface area contributed by atoms with Crippen LogP contribution in [0.5, 0.6) is 0 Å². The molecule has 0 radical (unpaired) electrons. The lowest BCUT2D eigenvalue weighted by Crippen LogP contribution is -2.29. The molecule has 0 aromatic rings. The van der Waals surface area contributed by atoms with E-state index in [2.05, 4.69) is 19.9 Å². The Morgan fingerprint density at radius 3 is 2.95 bits per heavy atom. The summed E-state index contributed by atoms with van der Waals surface area (Å²) in [7, 11) is 0. The molecule has 1 fully saturated rings. The van der Waals surface area contributed by atoms with Crippen molar-refractivity contribution in [2.75, 3.05) is 6.54 Å². The van der Waals surface area contributed by atoms with Crippen LogP contribution in [0.15, 0.2) is 22.6 Å². The van der Waals surface area contributed by atoms with Crippen molar-refractivity contribution in [3.05, 3.63) is 22.6 Å². The van der Waals surface area contributed by atoms with Crippen molar-refractivity contribution < 1.29 is 14.7 Å². The zero-order valence-electron chi connectivity index (χ0n) is 12.9. The average molecular weight is 339 g/mol. The molecule has 0 saturated carbocycles. The normalized spacial score (nSPS) is 27.5. The third kappa shape index (κ3) is 3.98. The summed E-state index contributed by atoms with van der Waals surface area (Å²) in [4.78, 5) is 25.3. The van der Waals surface area contributed by atoms with E-state index in [-0.39, 0.29) is 12.3 Å². The van der Waals surface area contributed by atoms with Gasteiger partial charge in [-0.15, -0.1) is 0 Å². The first kappa shape index (κ1) is 17.2. The highest BCUT2D eigenvalue weighted by Gasteiger charge is 2.33. The number of allylic oxidation sites excluding steroid dienone is 3. The van der Waals surface area contributed by atoms with Crippen LogP contribution in [0.3, 0.4) is 0 Å². The molecule has 22 heavy (non-hydrogen) atoms. The topological polar surface area (TPSA) is 57.6 Å². The van der Waals surface area contributed by atoms with Crippen LogP contribution < -0.4 is 0 Å². The molecule has 0 aromatic heterocycles. The Kier molecular flexibility index (Phi) is 5.81. The fourth-order valence-corrected chi connectivity index (χ4v) is 4.22. The Morgan fingerprint density at radius 2 is 2.32 bits per heavy atom. The summed E-state index contributed by atoms with van der Waals surface area (Å²) >= 11 is 6.60. The van der Waals surface area contributed by atoms with Gasteiger partial charge in [-0.05, 0) is 32.1 Å². The minimum atomic E-state index is -0.849. The van der Waals surface area contributed by atoms with Crippen LogP contribution in [0, 0.1) is 11.8 Å². The van der Waals surface area contributed by atoms with Crippen LogP contribution in [-0.4, -0.2) is 32.7 Å². The zero-order chi connectivity index (χ0) is 16.3. The number of aliphatic carboxylic acids is 1. The number of carboxylic acids is 1. The van der Waals surface area contributed by atoms with E-state index in [1.807, 2.05) is 6.08 Å². The molecule has 0 aromatic carbocycles. The standard InChI is InChI=1S/C16H21NO3S2/c1-10-5-3-6-11(2)12(10)9-13-15(20)17(16(21)22-13)8-4-7-14(18)19/h5,9,11-12H,3-4,6-8H2,1-2H3,(H,18,19)/b13-9-. The lowest BCUT2D eigenvalue weighted by molar-refractivity contribution is -0.137. The molecule has 0 bridgehead atoms. The second-order valence-electron chi connectivity index (χ2n) is 5.88. The first-order valence-corrected chi connectivity index (χ1v) is 8.76. The molecule has 2 rings (SSSR count). The van der Waals surface area contributed by atoms with Gasteiger partial charge in [-0.2, -0.15) is 0 Å². The molecule has 1 saturated heterocycles. The monoisotopic (exact) mass is 339 g/mol. The number of carbonyl (C=O) groups is 2. The number of amides is 1. The molecule has 6 heteroatoms. The summed E-state index contributed by atoms with van der Waals surface area (Å²) in [6.45, 7) is 4.71. The summed E-state index contributed by atoms with van der Waals surface area (Å²) < 4.78 is 0.534. The first-order chi connectivity index (χ1) is 10.4. The van der Waals surface area contributed by atoms with E-state index in [9.17, 15) is 9.59 Å². The van der Waals surface area contributed by atoms with Gasteiger partial charge in [-0.25, -0.2) is 0 Å². The highest BCUT2D eigenvalue weighted by molar-refractivity contribution is 8.26. The van der Waals surface area contributed by atoms with Crippen LogP contribution in [-0.2, 0) is 9.59 Å². The van der Waals surface area contributed by atoms with Gasteiger partial charge in [0.2, 0.25) is 0 Å². The Hall–Kier alpha value is -1.14. The molecule has 1 aliphatic carbocycles. The van der Waals surface area contributed by atoms with Crippen molar-refractivity contribution in [2.24, 2.45) is 11.8 Å². The molecule has 4 nitrogen and oxygen atoms in total. The molecule has 2 unspecified atom stereocenters. The quantitative estimate of drug-likeness (QED) is 0.471. The molecule has 0 spiro atoms. The SMILES string of the molecule is CC1=CCCC(C)C1/C=C1\SC(=S)N(CCCC(=O)O)C1=O. The first-order valence-electron chi connectivity index (χ1n) is 7.54. The smallest absolute Gasteiger partial charge is 0.303 e. The molecular weight excluding hydrogens is 318 g/mol. The van der Waals surface area contributed by atoms with Gasteiger partial charge in [-0.3, -0.25) is 14.5 Å². The maximum absolute atomic E-state index is 12.5. The second-order valence-corrected chi connectivity index (χ2v) is 7.56. The number of hydrogen-bond acceptors (Lipinski definition) is 4. The lowest BCUT2D eigenvalue weighted by atomic mass is 9.80. The number of rotatable bonds is 5. The minimum Gasteiger partial charge on any atom is -0.481 e. The van der Waals surface area contributed by atoms with Gasteiger partial charge in [0.05, 0.1) is 4.91 Å². The number of carboxylic acid groups (broad SMARTS) is 1. The van der Waals surface area contributed by atoms with Crippen LogP contribution in [0.2, 0.25) is 0 Å². The van der Waals surface area contributed by atoms with E-state index in [4.69, 9.17) is 17.3 Å². The highest BCUT2D eigenvalue weighted by atomic mass is 32.2. The third-order valence-corrected chi connectivity index (χ3v) is 5.60. The Labute approximate surface area is 140 Å². The molecule has 1 amide bonds. The molecule has 1 heterocycles. The minimum absolute atomic E-state index is 0.0532. The highest BCUT2D eigenvalue weighted by Crippen LogP contribution is 2.37. The van der Waals surface area contributed by atoms with Crippen molar-refractivity contribution in [1.29, 1.82) is 0 Å². The fourth-order valence-electron chi connectivity index (χ4n) is 2.89. The van der Waals surface area contributed by atoms with E-state index in [1.165, 1.54) is 22.2 Å². The summed E-state index contributed by atoms with van der Waals surface area (Å²) in [6.07, 6.45) is 7.01. The number of carbonyl (C=O) groups excluding carboxylic acids is 1. The van der Waals surface area contributed by atoms with Gasteiger partial charge in [0.1, 0.15) is 4.32 Å². The summed E-state index contributed by atoms with van der Waals surface area (Å²) in [5.74, 6) is -0.105. The van der Waals surface area contributed by atoms with E-state index in [0.717, 1.165) is 12.8 Å². The van der Waals surface area contributed by atoms with Gasteiger partial charge in [-0.1, -0.05) is 48.6 Å². The molecule has 1 N–H and O–H groups in total. The summed E-state index contributed by atoms with van der Waals surface area (Å²) in [5, 5.41) is 8.69. The van der Waals surface area contributed by atoms with E-state index < -0.39 is 5.97 Å². The zero-order valence-corrected chi connectivity index (χ0v) is 14.5. The third-order valence-electron chi connectivity index (χ3n) is 4.20. The van der Waals surface area contributed by atoms with Crippen molar-refractivity contribution >= 4 is 40.2 Å². The predicted octanol–water partition coefficient (Wildman–Crippen LogP) is 3.59. The maximum Gasteiger partial charge on any atom is 0.303 e. The van der Waals surface area contributed by atoms with Crippen molar-refractivity contribution in [2.45, 2.75) is 39.5 Å². The van der Waals surface area contributed by atoms with Crippen LogP contribution >= 0.6 is 24.0 Å². The maximum atomic E-state index is 12.5. The average Bonchev–Trinajstić information content (AvgIpc) is 2.70. The van der Waals surface area contributed by atoms with Crippen molar-refractivity contribution in [3.63, 3.8) is 0 Å². The van der Waals surface area contributed by atoms with Gasteiger partial charge in [0, 0.05) is 18.9 Å². The Morgan fingerprint density at radius 1 is 1.59 bits per heavy atom. The van der Waals surface area contributed by atoms with E-state index in [1.54, 1.807) is 0 Å². The van der Waals surface area contributed by atoms with Gasteiger partial charge in [0.25, 0.3) is 5.91 Å². The van der Waals surface area contributed by atoms with Gasteiger partial charge < -0.3 is 5.11 Å². The second kappa shape index (κ2) is 7.42. The van der Waals surface area contributed by atoms with E-state index in [0.29, 0.717) is 34.0 Å². The lowest BCUT2D eigenvalue weighted by Gasteiger charge is -2.26. The van der Waals surface area contributed by atoms with E-state index >= 15 is 0 Å². The summed E-state index contributed by atoms with van der Waals surface area (Å²) in [6, 6.07) is 0. The molecule has 1 aliphatic heterocycles. The van der Waals surface area contributed by atoms with Crippen molar-refractivity contribution in [1.82, 2.24) is 4.90 Å². The fraction of sp³-hybridized carbons (Fsp3) is 0.562. The number of nitrogens with zero attached hydrogens (tertiary/aromatic N) is 1. The van der Waals surface area contributed by atoms with Crippen LogP contribution in [0.1, 0.15) is 39.5 Å². The van der Waals surface area contributed by atoms with Gasteiger partial charge in [0.15, 0.2) is 0 Å². The van der Waals surface area contributed by atoms with Gasteiger partial charge >= 0.3 is 5.97 Å². The predicted molar refractivity (Wildman–Crippen MR) is 92.5 cm³/mol. The number of thioether (sulfide) groups is 1. The number of hydrogen-bond donors (Lipinski definition) is 1. The molecule has 120 valence electrons. The Bertz CT molecular complexity index is 554. The number of thiocarbonyl (C=S) groups is 1. The largest absolute Gasteiger partial charge is 0.481 e. The molecule has 2 aliphatic rings. The Balaban J connectivity index is 2.07.